The van der Waals surface area contributed by atoms with Crippen LogP contribution >= 0.6 is 0 Å². The van der Waals surface area contributed by atoms with Crippen LogP contribution in [0, 0.1) is 19.8 Å². The summed E-state index contributed by atoms with van der Waals surface area (Å²) in [6.07, 6.45) is 3.59. The van der Waals surface area contributed by atoms with Crippen LogP contribution in [0.3, 0.4) is 0 Å². The van der Waals surface area contributed by atoms with Crippen LogP contribution in [-0.4, -0.2) is 57.0 Å². The van der Waals surface area contributed by atoms with Crippen LogP contribution in [0.1, 0.15) is 24.0 Å². The molecule has 2 N–H and O–H groups in total. The minimum atomic E-state index is -0.425. The Kier molecular flexibility index (Phi) is 4.99. The molecule has 5 nitrogen and oxygen atoms in total. The highest BCUT2D eigenvalue weighted by Gasteiger charge is 2.21. The summed E-state index contributed by atoms with van der Waals surface area (Å²) in [6, 6.07) is 4.25. The molecular weight excluding hydrogens is 290 g/mol. The predicted octanol–water partition coefficient (Wildman–Crippen LogP) is 1.72. The van der Waals surface area contributed by atoms with Crippen molar-refractivity contribution in [1.29, 1.82) is 0 Å². The normalized spacial score (nSPS) is 21.0. The van der Waals surface area contributed by atoms with E-state index in [1.54, 1.807) is 0 Å². The molecule has 1 aromatic heterocycles. The molecule has 0 saturated carbocycles. The molecule has 1 aliphatic rings. The Morgan fingerprint density at radius 1 is 1.26 bits per heavy atom. The van der Waals surface area contributed by atoms with Gasteiger partial charge in [-0.3, -0.25) is 0 Å². The molecule has 3 rings (SSSR count). The van der Waals surface area contributed by atoms with Gasteiger partial charge in [-0.25, -0.2) is 4.98 Å². The number of aliphatic hydroxyl groups excluding tert-OH is 2. The van der Waals surface area contributed by atoms with E-state index in [-0.39, 0.29) is 6.61 Å². The van der Waals surface area contributed by atoms with E-state index >= 15 is 0 Å². The number of hydrogen-bond acceptors (Lipinski definition) is 4. The number of nitrogens with zero attached hydrogens (tertiary/aromatic N) is 3. The van der Waals surface area contributed by atoms with Gasteiger partial charge in [0.1, 0.15) is 0 Å². The van der Waals surface area contributed by atoms with Gasteiger partial charge in [0.2, 0.25) is 0 Å². The van der Waals surface area contributed by atoms with Crippen LogP contribution in [0.15, 0.2) is 18.5 Å². The summed E-state index contributed by atoms with van der Waals surface area (Å²) >= 11 is 0. The zero-order valence-corrected chi connectivity index (χ0v) is 14.1. The molecule has 126 valence electrons. The smallest absolute Gasteiger partial charge is 0.0959 e. The number of piperidine rings is 1. The molecule has 1 aromatic carbocycles. The van der Waals surface area contributed by atoms with Gasteiger partial charge in [-0.2, -0.15) is 0 Å². The maximum Gasteiger partial charge on any atom is 0.0959 e. The first-order valence-corrected chi connectivity index (χ1v) is 8.50. The molecule has 0 amide bonds. The molecule has 2 heterocycles. The summed E-state index contributed by atoms with van der Waals surface area (Å²) < 4.78 is 2.04. The molecule has 1 aliphatic heterocycles. The largest absolute Gasteiger partial charge is 0.396 e. The van der Waals surface area contributed by atoms with Gasteiger partial charge < -0.3 is 19.7 Å². The number of rotatable bonds is 5. The standard InChI is InChI=1S/C18H27N3O2/c1-13-6-17-18(7-14(13)2)21(12-19-17)10-16(23)9-20-5-3-4-15(8-20)11-22/h6-7,12,15-16,22-23H,3-5,8-11H2,1-2H3. The maximum absolute atomic E-state index is 10.5. The number of benzene rings is 1. The number of aliphatic hydroxyl groups is 2. The van der Waals surface area contributed by atoms with E-state index in [1.165, 1.54) is 11.1 Å². The van der Waals surface area contributed by atoms with Crippen LogP contribution in [0.5, 0.6) is 0 Å². The molecule has 2 aromatic rings. The molecule has 2 atom stereocenters. The highest BCUT2D eigenvalue weighted by molar-refractivity contribution is 5.77. The molecule has 0 spiro atoms. The molecule has 2 unspecified atom stereocenters. The van der Waals surface area contributed by atoms with Gasteiger partial charge in [0.15, 0.2) is 0 Å². The van der Waals surface area contributed by atoms with E-state index in [0.717, 1.165) is 37.0 Å². The van der Waals surface area contributed by atoms with Crippen molar-refractivity contribution in [2.45, 2.75) is 39.3 Å². The van der Waals surface area contributed by atoms with E-state index in [2.05, 4.69) is 35.9 Å². The van der Waals surface area contributed by atoms with Crippen molar-refractivity contribution in [1.82, 2.24) is 14.5 Å². The molecular formula is C18H27N3O2. The van der Waals surface area contributed by atoms with Gasteiger partial charge in [-0.15, -0.1) is 0 Å². The topological polar surface area (TPSA) is 61.5 Å². The summed E-state index contributed by atoms with van der Waals surface area (Å²) in [5.74, 6) is 0.357. The minimum absolute atomic E-state index is 0.247. The van der Waals surface area contributed by atoms with E-state index in [1.807, 2.05) is 10.9 Å². The first-order chi connectivity index (χ1) is 11.1. The number of β-amino-alcohol motifs (C(OH)–C–C–N with tert-alkyl or cyclic N) is 1. The fourth-order valence-electron chi connectivity index (χ4n) is 3.51. The lowest BCUT2D eigenvalue weighted by Gasteiger charge is -2.33. The first kappa shape index (κ1) is 16.4. The van der Waals surface area contributed by atoms with E-state index in [0.29, 0.717) is 19.0 Å². The second kappa shape index (κ2) is 6.99. The van der Waals surface area contributed by atoms with Crippen molar-refractivity contribution in [3.05, 3.63) is 29.6 Å². The SMILES string of the molecule is Cc1cc2ncn(CC(O)CN3CCCC(CO)C3)c2cc1C. The highest BCUT2D eigenvalue weighted by Crippen LogP contribution is 2.20. The number of aromatic nitrogens is 2. The summed E-state index contributed by atoms with van der Waals surface area (Å²) in [6.45, 7) is 7.55. The Hall–Kier alpha value is -1.43. The molecule has 0 radical (unpaired) electrons. The van der Waals surface area contributed by atoms with E-state index in [4.69, 9.17) is 0 Å². The molecule has 5 heteroatoms. The summed E-state index contributed by atoms with van der Waals surface area (Å²) in [7, 11) is 0. The van der Waals surface area contributed by atoms with Gasteiger partial charge in [0.25, 0.3) is 0 Å². The van der Waals surface area contributed by atoms with Crippen LogP contribution < -0.4 is 0 Å². The number of aryl methyl sites for hydroxylation is 2. The van der Waals surface area contributed by atoms with Gasteiger partial charge in [0, 0.05) is 19.7 Å². The van der Waals surface area contributed by atoms with Crippen LogP contribution in [0.2, 0.25) is 0 Å². The molecule has 1 fully saturated rings. The maximum atomic E-state index is 10.5. The van der Waals surface area contributed by atoms with Crippen molar-refractivity contribution in [3.63, 3.8) is 0 Å². The van der Waals surface area contributed by atoms with E-state index < -0.39 is 6.10 Å². The summed E-state index contributed by atoms with van der Waals surface area (Å²) in [4.78, 5) is 6.72. The Morgan fingerprint density at radius 3 is 2.83 bits per heavy atom. The third kappa shape index (κ3) is 3.74. The third-order valence-electron chi connectivity index (χ3n) is 4.97. The van der Waals surface area contributed by atoms with Crippen molar-refractivity contribution >= 4 is 11.0 Å². The van der Waals surface area contributed by atoms with Crippen molar-refractivity contribution in [2.75, 3.05) is 26.2 Å². The van der Waals surface area contributed by atoms with Crippen LogP contribution in [-0.2, 0) is 6.54 Å². The van der Waals surface area contributed by atoms with Gasteiger partial charge in [0.05, 0.1) is 30.0 Å². The van der Waals surface area contributed by atoms with E-state index in [9.17, 15) is 10.2 Å². The molecule has 1 saturated heterocycles. The first-order valence-electron chi connectivity index (χ1n) is 8.50. The fourth-order valence-corrected chi connectivity index (χ4v) is 3.51. The lowest BCUT2D eigenvalue weighted by molar-refractivity contribution is 0.0607. The monoisotopic (exact) mass is 317 g/mol. The number of fused-ring (bicyclic) bond motifs is 1. The molecule has 0 aliphatic carbocycles. The van der Waals surface area contributed by atoms with Crippen molar-refractivity contribution in [3.8, 4) is 0 Å². The van der Waals surface area contributed by atoms with Gasteiger partial charge in [-0.1, -0.05) is 0 Å². The van der Waals surface area contributed by atoms with Gasteiger partial charge >= 0.3 is 0 Å². The van der Waals surface area contributed by atoms with Crippen molar-refractivity contribution in [2.24, 2.45) is 5.92 Å². The minimum Gasteiger partial charge on any atom is -0.396 e. The summed E-state index contributed by atoms with van der Waals surface area (Å²) in [5, 5.41) is 19.8. The summed E-state index contributed by atoms with van der Waals surface area (Å²) in [5.41, 5.74) is 4.56. The van der Waals surface area contributed by atoms with Crippen molar-refractivity contribution < 1.29 is 10.2 Å². The number of imidazole rings is 1. The second-order valence-electron chi connectivity index (χ2n) is 6.93. The average Bonchev–Trinajstić information content (AvgIpc) is 2.90. The number of likely N-dealkylation sites (tertiary alicyclic amines) is 1. The molecule has 0 bridgehead atoms. The Morgan fingerprint density at radius 2 is 2.04 bits per heavy atom. The second-order valence-corrected chi connectivity index (χ2v) is 6.93. The Balaban J connectivity index is 1.66. The van der Waals surface area contributed by atoms with Crippen LogP contribution in [0.25, 0.3) is 11.0 Å². The Bertz CT molecular complexity index is 668. The highest BCUT2D eigenvalue weighted by atomic mass is 16.3. The lowest BCUT2D eigenvalue weighted by Crippen LogP contribution is -2.42. The van der Waals surface area contributed by atoms with Gasteiger partial charge in [-0.05, 0) is 62.4 Å². The molecule has 23 heavy (non-hydrogen) atoms. The average molecular weight is 317 g/mol. The van der Waals surface area contributed by atoms with Crippen LogP contribution in [0.4, 0.5) is 0 Å². The zero-order chi connectivity index (χ0) is 16.4. The Labute approximate surface area is 137 Å². The fraction of sp³-hybridized carbons (Fsp3) is 0.611. The quantitative estimate of drug-likeness (QED) is 0.881. The lowest BCUT2D eigenvalue weighted by atomic mass is 9.99. The predicted molar refractivity (Wildman–Crippen MR) is 91.5 cm³/mol. The zero-order valence-electron chi connectivity index (χ0n) is 14.1. The number of hydrogen-bond donors (Lipinski definition) is 2. The third-order valence-corrected chi connectivity index (χ3v) is 4.97.